The topological polar surface area (TPSA) is 76.0 Å². The van der Waals surface area contributed by atoms with Crippen molar-refractivity contribution in [2.24, 2.45) is 4.99 Å². The van der Waals surface area contributed by atoms with Gasteiger partial charge < -0.3 is 9.64 Å². The number of benzene rings is 2. The van der Waals surface area contributed by atoms with E-state index in [2.05, 4.69) is 4.99 Å². The standard InChI is InChI=1S/C20H18ClFN2O4S2/c1-28-17-5-3-2-4-12(17)8-19(25)23-20-24(13-6-7-15(22)14(21)9-13)16-10-30(26,27)11-18(16)29-20/h2-7,9,16,18H,8,10-11H2,1H3. The average molecular weight is 469 g/mol. The number of nitrogens with zero attached hydrogens (tertiary/aromatic N) is 2. The summed E-state index contributed by atoms with van der Waals surface area (Å²) in [4.78, 5) is 18.6. The minimum absolute atomic E-state index is 0.00742. The van der Waals surface area contributed by atoms with Gasteiger partial charge in [0.05, 0.1) is 36.1 Å². The van der Waals surface area contributed by atoms with Crippen LogP contribution in [-0.4, -0.2) is 49.4 Å². The molecule has 30 heavy (non-hydrogen) atoms. The van der Waals surface area contributed by atoms with E-state index in [0.717, 1.165) is 0 Å². The number of fused-ring (bicyclic) bond motifs is 1. The van der Waals surface area contributed by atoms with Crippen LogP contribution >= 0.6 is 23.4 Å². The summed E-state index contributed by atoms with van der Waals surface area (Å²) in [6.07, 6.45) is 0.0414. The van der Waals surface area contributed by atoms with Crippen LogP contribution in [0.5, 0.6) is 5.75 Å². The monoisotopic (exact) mass is 468 g/mol. The molecule has 2 atom stereocenters. The van der Waals surface area contributed by atoms with Crippen molar-refractivity contribution < 1.29 is 22.3 Å². The van der Waals surface area contributed by atoms with Gasteiger partial charge in [0.15, 0.2) is 15.0 Å². The second kappa shape index (κ2) is 8.20. The molecule has 2 aliphatic heterocycles. The Morgan fingerprint density at radius 1 is 1.30 bits per heavy atom. The van der Waals surface area contributed by atoms with Crippen molar-refractivity contribution in [3.63, 3.8) is 0 Å². The van der Waals surface area contributed by atoms with E-state index in [0.29, 0.717) is 22.2 Å². The molecule has 0 N–H and O–H groups in total. The van der Waals surface area contributed by atoms with Crippen molar-refractivity contribution in [3.05, 3.63) is 58.9 Å². The Labute approximate surface area is 183 Å². The number of anilines is 1. The number of para-hydroxylation sites is 1. The van der Waals surface area contributed by atoms with E-state index < -0.39 is 15.7 Å². The maximum absolute atomic E-state index is 13.7. The van der Waals surface area contributed by atoms with E-state index in [1.54, 1.807) is 17.0 Å². The number of hydrogen-bond acceptors (Lipinski definition) is 5. The van der Waals surface area contributed by atoms with Crippen molar-refractivity contribution in [1.82, 2.24) is 0 Å². The molecule has 0 saturated carbocycles. The van der Waals surface area contributed by atoms with Gasteiger partial charge in [-0.3, -0.25) is 4.79 Å². The number of halogens is 2. The summed E-state index contributed by atoms with van der Waals surface area (Å²) in [5.41, 5.74) is 1.21. The van der Waals surface area contributed by atoms with Gasteiger partial charge in [0.2, 0.25) is 0 Å². The highest BCUT2D eigenvalue weighted by Gasteiger charge is 2.49. The second-order valence-electron chi connectivity index (χ2n) is 7.05. The van der Waals surface area contributed by atoms with E-state index in [-0.39, 0.29) is 40.1 Å². The molecule has 0 aromatic heterocycles. The Bertz CT molecular complexity index is 1140. The molecule has 2 aliphatic rings. The van der Waals surface area contributed by atoms with Crippen LogP contribution in [0.1, 0.15) is 5.56 Å². The molecule has 6 nitrogen and oxygen atoms in total. The van der Waals surface area contributed by atoms with E-state index in [1.165, 1.54) is 37.1 Å². The molecule has 2 fully saturated rings. The van der Waals surface area contributed by atoms with Gasteiger partial charge in [0.1, 0.15) is 11.6 Å². The summed E-state index contributed by atoms with van der Waals surface area (Å²) < 4.78 is 43.2. The first-order valence-electron chi connectivity index (χ1n) is 9.12. The van der Waals surface area contributed by atoms with Gasteiger partial charge in [-0.05, 0) is 24.3 Å². The Morgan fingerprint density at radius 3 is 2.80 bits per heavy atom. The average Bonchev–Trinajstić information content (AvgIpc) is 3.15. The molecule has 2 heterocycles. The molecule has 2 aromatic carbocycles. The third kappa shape index (κ3) is 4.19. The zero-order valence-electron chi connectivity index (χ0n) is 15.9. The number of thioether (sulfide) groups is 1. The summed E-state index contributed by atoms with van der Waals surface area (Å²) in [5, 5.41) is 0.0561. The lowest BCUT2D eigenvalue weighted by Gasteiger charge is -2.24. The summed E-state index contributed by atoms with van der Waals surface area (Å²) in [7, 11) is -1.67. The third-order valence-electron chi connectivity index (χ3n) is 5.00. The molecule has 0 bridgehead atoms. The molecule has 2 unspecified atom stereocenters. The van der Waals surface area contributed by atoms with Crippen LogP contribution in [-0.2, 0) is 21.1 Å². The first-order valence-corrected chi connectivity index (χ1v) is 12.2. The van der Waals surface area contributed by atoms with Crippen LogP contribution in [0.25, 0.3) is 0 Å². The Morgan fingerprint density at radius 2 is 2.07 bits per heavy atom. The highest BCUT2D eigenvalue weighted by atomic mass is 35.5. The summed E-state index contributed by atoms with van der Waals surface area (Å²) in [5.74, 6) is -0.417. The number of aliphatic imine (C=N–C) groups is 1. The smallest absolute Gasteiger partial charge is 0.252 e. The Hall–Kier alpha value is -2.10. The summed E-state index contributed by atoms with van der Waals surface area (Å²) in [6, 6.07) is 10.9. The van der Waals surface area contributed by atoms with Crippen molar-refractivity contribution >= 4 is 50.0 Å². The predicted molar refractivity (Wildman–Crippen MR) is 117 cm³/mol. The lowest BCUT2D eigenvalue weighted by atomic mass is 10.1. The molecule has 2 saturated heterocycles. The minimum Gasteiger partial charge on any atom is -0.496 e. The van der Waals surface area contributed by atoms with Gasteiger partial charge in [-0.1, -0.05) is 41.6 Å². The molecule has 2 aromatic rings. The number of rotatable bonds is 4. The fraction of sp³-hybridized carbons (Fsp3) is 0.300. The third-order valence-corrected chi connectivity index (χ3v) is 8.50. The zero-order chi connectivity index (χ0) is 21.5. The largest absolute Gasteiger partial charge is 0.496 e. The molecule has 0 spiro atoms. The first kappa shape index (κ1) is 21.1. The molecular formula is C20H18ClFN2O4S2. The Balaban J connectivity index is 1.66. The SMILES string of the molecule is COc1ccccc1CC(=O)N=C1SC2CS(=O)(=O)CC2N1c1ccc(F)c(Cl)c1. The normalized spacial score (nSPS) is 23.6. The van der Waals surface area contributed by atoms with Crippen LogP contribution in [0.15, 0.2) is 47.5 Å². The van der Waals surface area contributed by atoms with Crippen molar-refractivity contribution in [1.29, 1.82) is 0 Å². The molecule has 0 aliphatic carbocycles. The molecule has 1 amide bonds. The first-order chi connectivity index (χ1) is 14.3. The maximum atomic E-state index is 13.7. The highest BCUT2D eigenvalue weighted by molar-refractivity contribution is 8.16. The van der Waals surface area contributed by atoms with Gasteiger partial charge in [-0.25, -0.2) is 12.8 Å². The number of hydrogen-bond donors (Lipinski definition) is 0. The number of carbonyl (C=O) groups excluding carboxylic acids is 1. The fourth-order valence-corrected chi connectivity index (χ4v) is 7.77. The maximum Gasteiger partial charge on any atom is 0.252 e. The predicted octanol–water partition coefficient (Wildman–Crippen LogP) is 3.33. The van der Waals surface area contributed by atoms with Crippen LogP contribution in [0.2, 0.25) is 5.02 Å². The molecule has 4 rings (SSSR count). The van der Waals surface area contributed by atoms with Crippen molar-refractivity contribution in [3.8, 4) is 5.75 Å². The molecule has 10 heteroatoms. The van der Waals surface area contributed by atoms with Crippen LogP contribution in [0.4, 0.5) is 10.1 Å². The van der Waals surface area contributed by atoms with Gasteiger partial charge in [0.25, 0.3) is 5.91 Å². The molecular weight excluding hydrogens is 451 g/mol. The van der Waals surface area contributed by atoms with E-state index in [9.17, 15) is 17.6 Å². The number of amidine groups is 1. The number of sulfone groups is 1. The van der Waals surface area contributed by atoms with Crippen LogP contribution in [0, 0.1) is 5.82 Å². The van der Waals surface area contributed by atoms with Crippen LogP contribution < -0.4 is 9.64 Å². The quantitative estimate of drug-likeness (QED) is 0.685. The number of methoxy groups -OCH3 is 1. The van der Waals surface area contributed by atoms with Gasteiger partial charge >= 0.3 is 0 Å². The van der Waals surface area contributed by atoms with Crippen molar-refractivity contribution in [2.75, 3.05) is 23.5 Å². The highest BCUT2D eigenvalue weighted by Crippen LogP contribution is 2.41. The lowest BCUT2D eigenvalue weighted by molar-refractivity contribution is -0.117. The second-order valence-corrected chi connectivity index (χ2v) is 10.8. The van der Waals surface area contributed by atoms with Crippen molar-refractivity contribution in [2.45, 2.75) is 17.7 Å². The van der Waals surface area contributed by atoms with Gasteiger partial charge in [0, 0.05) is 16.5 Å². The molecule has 158 valence electrons. The summed E-state index contributed by atoms with van der Waals surface area (Å²) >= 11 is 7.19. The van der Waals surface area contributed by atoms with E-state index >= 15 is 0 Å². The minimum atomic E-state index is -3.20. The number of ether oxygens (including phenoxy) is 1. The molecule has 0 radical (unpaired) electrons. The van der Waals surface area contributed by atoms with Gasteiger partial charge in [-0.15, -0.1) is 0 Å². The van der Waals surface area contributed by atoms with Gasteiger partial charge in [-0.2, -0.15) is 4.99 Å². The summed E-state index contributed by atoms with van der Waals surface area (Å²) in [6.45, 7) is 0. The lowest BCUT2D eigenvalue weighted by Crippen LogP contribution is -2.37. The van der Waals surface area contributed by atoms with E-state index in [4.69, 9.17) is 16.3 Å². The van der Waals surface area contributed by atoms with Crippen LogP contribution in [0.3, 0.4) is 0 Å². The zero-order valence-corrected chi connectivity index (χ0v) is 18.3. The fourth-order valence-electron chi connectivity index (χ4n) is 3.66. The van der Waals surface area contributed by atoms with E-state index in [1.807, 2.05) is 12.1 Å². The number of carbonyl (C=O) groups is 1. The number of amides is 1. The Kier molecular flexibility index (Phi) is 5.78.